The van der Waals surface area contributed by atoms with Gasteiger partial charge in [0.1, 0.15) is 0 Å². The normalized spacial score (nSPS) is 23.3. The van der Waals surface area contributed by atoms with Gasteiger partial charge >= 0.3 is 0 Å². The predicted octanol–water partition coefficient (Wildman–Crippen LogP) is 2.03. The van der Waals surface area contributed by atoms with Gasteiger partial charge in [-0.25, -0.2) is 4.90 Å². The molecular weight excluding hydrogens is 264 g/mol. The Morgan fingerprint density at radius 1 is 1.32 bits per heavy atom. The van der Waals surface area contributed by atoms with Crippen LogP contribution in [0.15, 0.2) is 18.2 Å². The molecule has 2 amide bonds. The van der Waals surface area contributed by atoms with Crippen molar-refractivity contribution in [2.75, 3.05) is 4.90 Å². The lowest BCUT2D eigenvalue weighted by Crippen LogP contribution is -2.39. The zero-order chi connectivity index (χ0) is 13.6. The summed E-state index contributed by atoms with van der Waals surface area (Å²) >= 11 is 6.05. The van der Waals surface area contributed by atoms with Crippen molar-refractivity contribution in [1.29, 1.82) is 0 Å². The first kappa shape index (κ1) is 12.6. The monoisotopic (exact) mass is 278 g/mol. The van der Waals surface area contributed by atoms with Crippen LogP contribution >= 0.6 is 11.6 Å². The molecule has 1 aromatic carbocycles. The Hall–Kier alpha value is -1.39. The molecule has 1 saturated carbocycles. The third kappa shape index (κ3) is 2.38. The number of nitrogens with zero attached hydrogens (tertiary/aromatic N) is 1. The molecule has 5 heteroatoms. The minimum atomic E-state index is -0.375. The number of nitrogens with one attached hydrogen (secondary N) is 1. The maximum absolute atomic E-state index is 12.3. The van der Waals surface area contributed by atoms with Gasteiger partial charge in [0.05, 0.1) is 18.2 Å². The highest BCUT2D eigenvalue weighted by Gasteiger charge is 2.41. The molecule has 1 saturated heterocycles. The smallest absolute Gasteiger partial charge is 0.251 e. The van der Waals surface area contributed by atoms with E-state index in [2.05, 4.69) is 5.32 Å². The number of rotatable bonds is 3. The van der Waals surface area contributed by atoms with Gasteiger partial charge in [-0.15, -0.1) is 0 Å². The lowest BCUT2D eigenvalue weighted by atomic mass is 10.2. The van der Waals surface area contributed by atoms with Crippen molar-refractivity contribution < 1.29 is 9.59 Å². The number of hydrogen-bond donors (Lipinski definition) is 1. The quantitative estimate of drug-likeness (QED) is 0.861. The Labute approximate surface area is 116 Å². The van der Waals surface area contributed by atoms with Crippen LogP contribution in [0.25, 0.3) is 0 Å². The molecule has 19 heavy (non-hydrogen) atoms. The SMILES string of the molecule is Cc1ccc(N2C(=O)CC(NC3CC3)C2=O)cc1Cl. The molecule has 1 aromatic rings. The van der Waals surface area contributed by atoms with Crippen LogP contribution in [-0.4, -0.2) is 23.9 Å². The van der Waals surface area contributed by atoms with Crippen LogP contribution in [0.2, 0.25) is 5.02 Å². The number of benzene rings is 1. The van der Waals surface area contributed by atoms with Gasteiger partial charge in [0.2, 0.25) is 5.91 Å². The average Bonchev–Trinajstić information content (AvgIpc) is 3.12. The molecule has 1 aliphatic heterocycles. The van der Waals surface area contributed by atoms with Crippen molar-refractivity contribution in [3.05, 3.63) is 28.8 Å². The fourth-order valence-electron chi connectivity index (χ4n) is 2.29. The van der Waals surface area contributed by atoms with Crippen LogP contribution in [0.3, 0.4) is 0 Å². The molecule has 1 N–H and O–H groups in total. The van der Waals surface area contributed by atoms with E-state index in [0.717, 1.165) is 18.4 Å². The molecule has 3 rings (SSSR count). The fourth-order valence-corrected chi connectivity index (χ4v) is 2.46. The van der Waals surface area contributed by atoms with E-state index in [1.807, 2.05) is 13.0 Å². The van der Waals surface area contributed by atoms with E-state index in [-0.39, 0.29) is 24.3 Å². The van der Waals surface area contributed by atoms with Crippen LogP contribution < -0.4 is 10.2 Å². The zero-order valence-electron chi connectivity index (χ0n) is 10.6. The van der Waals surface area contributed by atoms with Crippen LogP contribution in [0.4, 0.5) is 5.69 Å². The highest BCUT2D eigenvalue weighted by atomic mass is 35.5. The molecule has 1 atom stereocenters. The molecule has 4 nitrogen and oxygen atoms in total. The van der Waals surface area contributed by atoms with E-state index in [1.54, 1.807) is 12.1 Å². The lowest BCUT2D eigenvalue weighted by Gasteiger charge is -2.16. The van der Waals surface area contributed by atoms with E-state index in [9.17, 15) is 9.59 Å². The number of anilines is 1. The summed E-state index contributed by atoms with van der Waals surface area (Å²) in [4.78, 5) is 25.5. The van der Waals surface area contributed by atoms with Crippen molar-refractivity contribution in [3.8, 4) is 0 Å². The van der Waals surface area contributed by atoms with Crippen LogP contribution in [-0.2, 0) is 9.59 Å². The van der Waals surface area contributed by atoms with Crippen LogP contribution in [0.5, 0.6) is 0 Å². The second kappa shape index (κ2) is 4.62. The minimum Gasteiger partial charge on any atom is -0.303 e. The number of imide groups is 1. The Morgan fingerprint density at radius 2 is 2.05 bits per heavy atom. The lowest BCUT2D eigenvalue weighted by molar-refractivity contribution is -0.121. The molecule has 1 heterocycles. The van der Waals surface area contributed by atoms with Crippen molar-refractivity contribution in [2.45, 2.75) is 38.3 Å². The van der Waals surface area contributed by atoms with E-state index < -0.39 is 0 Å². The Morgan fingerprint density at radius 3 is 2.68 bits per heavy atom. The van der Waals surface area contributed by atoms with Crippen LogP contribution in [0, 0.1) is 6.92 Å². The first-order valence-electron chi connectivity index (χ1n) is 6.45. The Kier molecular flexibility index (Phi) is 3.07. The Balaban J connectivity index is 1.84. The molecule has 0 bridgehead atoms. The maximum atomic E-state index is 12.3. The summed E-state index contributed by atoms with van der Waals surface area (Å²) in [7, 11) is 0. The number of hydrogen-bond acceptors (Lipinski definition) is 3. The summed E-state index contributed by atoms with van der Waals surface area (Å²) < 4.78 is 0. The summed E-state index contributed by atoms with van der Waals surface area (Å²) in [5, 5.41) is 3.78. The van der Waals surface area contributed by atoms with Gasteiger partial charge in [-0.05, 0) is 37.5 Å². The summed E-state index contributed by atoms with van der Waals surface area (Å²) in [6.45, 7) is 1.89. The maximum Gasteiger partial charge on any atom is 0.251 e. The largest absolute Gasteiger partial charge is 0.303 e. The predicted molar refractivity (Wildman–Crippen MR) is 73.2 cm³/mol. The standard InChI is InChI=1S/C14H15ClN2O2/c1-8-2-5-10(6-11(8)15)17-13(18)7-12(14(17)19)16-9-3-4-9/h2,5-6,9,12,16H,3-4,7H2,1H3. The molecule has 0 spiro atoms. The number of amides is 2. The number of carbonyl (C=O) groups is 2. The molecular formula is C14H15ClN2O2. The number of carbonyl (C=O) groups excluding carboxylic acids is 2. The first-order chi connectivity index (χ1) is 9.06. The first-order valence-corrected chi connectivity index (χ1v) is 6.83. The summed E-state index contributed by atoms with van der Waals surface area (Å²) in [6, 6.07) is 5.28. The van der Waals surface area contributed by atoms with Gasteiger partial charge in [0.15, 0.2) is 0 Å². The third-order valence-corrected chi connectivity index (χ3v) is 3.98. The summed E-state index contributed by atoms with van der Waals surface area (Å²) in [5.41, 5.74) is 1.49. The third-order valence-electron chi connectivity index (χ3n) is 3.57. The number of aryl methyl sites for hydroxylation is 1. The summed E-state index contributed by atoms with van der Waals surface area (Å²) in [6.07, 6.45) is 2.42. The van der Waals surface area contributed by atoms with E-state index in [4.69, 9.17) is 11.6 Å². The molecule has 1 aliphatic carbocycles. The van der Waals surface area contributed by atoms with Crippen molar-refractivity contribution in [3.63, 3.8) is 0 Å². The highest BCUT2D eigenvalue weighted by Crippen LogP contribution is 2.29. The van der Waals surface area contributed by atoms with E-state index >= 15 is 0 Å². The second-order valence-electron chi connectivity index (χ2n) is 5.20. The van der Waals surface area contributed by atoms with Gasteiger partial charge in [-0.1, -0.05) is 17.7 Å². The van der Waals surface area contributed by atoms with Gasteiger partial charge in [0.25, 0.3) is 5.91 Å². The topological polar surface area (TPSA) is 49.4 Å². The van der Waals surface area contributed by atoms with Gasteiger partial charge in [0, 0.05) is 11.1 Å². The highest BCUT2D eigenvalue weighted by molar-refractivity contribution is 6.32. The zero-order valence-corrected chi connectivity index (χ0v) is 11.4. The molecule has 0 aromatic heterocycles. The molecule has 0 radical (unpaired) electrons. The van der Waals surface area contributed by atoms with Crippen molar-refractivity contribution >= 4 is 29.1 Å². The Bertz CT molecular complexity index is 554. The molecule has 2 fully saturated rings. The van der Waals surface area contributed by atoms with Crippen LogP contribution in [0.1, 0.15) is 24.8 Å². The minimum absolute atomic E-state index is 0.164. The van der Waals surface area contributed by atoms with E-state index in [0.29, 0.717) is 16.8 Å². The molecule has 100 valence electrons. The average molecular weight is 279 g/mol. The van der Waals surface area contributed by atoms with Crippen molar-refractivity contribution in [1.82, 2.24) is 5.32 Å². The number of halogens is 1. The fraction of sp³-hybridized carbons (Fsp3) is 0.429. The summed E-state index contributed by atoms with van der Waals surface area (Å²) in [5.74, 6) is -0.333. The van der Waals surface area contributed by atoms with Gasteiger partial charge in [-0.2, -0.15) is 0 Å². The van der Waals surface area contributed by atoms with Gasteiger partial charge < -0.3 is 5.32 Å². The van der Waals surface area contributed by atoms with E-state index in [1.165, 1.54) is 4.90 Å². The molecule has 1 unspecified atom stereocenters. The molecule has 2 aliphatic rings. The van der Waals surface area contributed by atoms with Crippen molar-refractivity contribution in [2.24, 2.45) is 0 Å². The second-order valence-corrected chi connectivity index (χ2v) is 5.61. The van der Waals surface area contributed by atoms with Gasteiger partial charge in [-0.3, -0.25) is 9.59 Å².